The molecular formula is C15H23N3O2. The van der Waals surface area contributed by atoms with Gasteiger partial charge in [-0.15, -0.1) is 0 Å². The molecule has 110 valence electrons. The van der Waals surface area contributed by atoms with Crippen LogP contribution in [0.15, 0.2) is 24.3 Å². The van der Waals surface area contributed by atoms with Gasteiger partial charge in [-0.1, -0.05) is 12.1 Å². The third kappa shape index (κ3) is 4.83. The first kappa shape index (κ1) is 14.8. The molecule has 1 aromatic carbocycles. The standard InChI is InChI=1S/C15H23N3O2/c1-18-8-2-3-13(10-18)17-9-12-4-6-14(7-5-12)20-11-15(16)19/h4-7,13,17H,2-3,8-11H2,1H3,(H2,16,19). The van der Waals surface area contributed by atoms with Crippen LogP contribution in [0, 0.1) is 0 Å². The number of carbonyl (C=O) groups excluding carboxylic acids is 1. The number of ether oxygens (including phenoxy) is 1. The Hall–Kier alpha value is -1.59. The summed E-state index contributed by atoms with van der Waals surface area (Å²) < 4.78 is 5.23. The number of hydrogen-bond donors (Lipinski definition) is 2. The van der Waals surface area contributed by atoms with Crippen molar-refractivity contribution in [1.82, 2.24) is 10.2 Å². The first-order valence-electron chi connectivity index (χ1n) is 7.05. The van der Waals surface area contributed by atoms with Gasteiger partial charge in [0.15, 0.2) is 6.61 Å². The van der Waals surface area contributed by atoms with Gasteiger partial charge in [0, 0.05) is 19.1 Å². The Balaban J connectivity index is 1.77. The lowest BCUT2D eigenvalue weighted by Gasteiger charge is -2.30. The summed E-state index contributed by atoms with van der Waals surface area (Å²) in [5.41, 5.74) is 6.25. The number of piperidine rings is 1. The van der Waals surface area contributed by atoms with Gasteiger partial charge >= 0.3 is 0 Å². The minimum absolute atomic E-state index is 0.0774. The summed E-state index contributed by atoms with van der Waals surface area (Å²) in [6, 6.07) is 8.32. The first-order chi connectivity index (χ1) is 9.63. The van der Waals surface area contributed by atoms with Crippen LogP contribution in [0.2, 0.25) is 0 Å². The van der Waals surface area contributed by atoms with Crippen LogP contribution < -0.4 is 15.8 Å². The third-order valence-electron chi connectivity index (χ3n) is 3.52. The number of nitrogens with two attached hydrogens (primary N) is 1. The number of likely N-dealkylation sites (tertiary alicyclic amines) is 1. The number of likely N-dealkylation sites (N-methyl/N-ethyl adjacent to an activating group) is 1. The molecule has 0 saturated carbocycles. The molecule has 1 heterocycles. The third-order valence-corrected chi connectivity index (χ3v) is 3.52. The fourth-order valence-corrected chi connectivity index (χ4v) is 2.45. The highest BCUT2D eigenvalue weighted by molar-refractivity contribution is 5.75. The minimum Gasteiger partial charge on any atom is -0.484 e. The topological polar surface area (TPSA) is 67.6 Å². The lowest BCUT2D eigenvalue weighted by molar-refractivity contribution is -0.119. The first-order valence-corrected chi connectivity index (χ1v) is 7.05. The number of primary amides is 1. The van der Waals surface area contributed by atoms with E-state index in [-0.39, 0.29) is 6.61 Å². The van der Waals surface area contributed by atoms with Crippen LogP contribution in [0.4, 0.5) is 0 Å². The van der Waals surface area contributed by atoms with Gasteiger partial charge in [-0.05, 0) is 44.1 Å². The Morgan fingerprint density at radius 3 is 2.85 bits per heavy atom. The van der Waals surface area contributed by atoms with Crippen LogP contribution in [-0.4, -0.2) is 43.6 Å². The van der Waals surface area contributed by atoms with Crippen molar-refractivity contribution in [2.75, 3.05) is 26.7 Å². The highest BCUT2D eigenvalue weighted by Gasteiger charge is 2.16. The second-order valence-corrected chi connectivity index (χ2v) is 5.38. The summed E-state index contributed by atoms with van der Waals surface area (Å²) in [6.45, 7) is 3.09. The maximum Gasteiger partial charge on any atom is 0.255 e. The number of amides is 1. The van der Waals surface area contributed by atoms with Crippen LogP contribution in [0.1, 0.15) is 18.4 Å². The normalized spacial score (nSPS) is 19.8. The van der Waals surface area contributed by atoms with Gasteiger partial charge in [0.2, 0.25) is 0 Å². The Bertz CT molecular complexity index is 433. The molecule has 5 heteroatoms. The Morgan fingerprint density at radius 2 is 2.20 bits per heavy atom. The van der Waals surface area contributed by atoms with Crippen molar-refractivity contribution in [1.29, 1.82) is 0 Å². The maximum absolute atomic E-state index is 10.6. The molecule has 1 atom stereocenters. The van der Waals surface area contributed by atoms with Crippen molar-refractivity contribution < 1.29 is 9.53 Å². The van der Waals surface area contributed by atoms with Gasteiger partial charge in [-0.2, -0.15) is 0 Å². The highest BCUT2D eigenvalue weighted by atomic mass is 16.5. The molecule has 2 rings (SSSR count). The van der Waals surface area contributed by atoms with E-state index in [9.17, 15) is 4.79 Å². The van der Waals surface area contributed by atoms with Crippen LogP contribution in [0.3, 0.4) is 0 Å². The number of carbonyl (C=O) groups is 1. The summed E-state index contributed by atoms with van der Waals surface area (Å²) in [5, 5.41) is 3.58. The van der Waals surface area contributed by atoms with Crippen molar-refractivity contribution in [3.8, 4) is 5.75 Å². The van der Waals surface area contributed by atoms with E-state index < -0.39 is 5.91 Å². The molecule has 0 aliphatic carbocycles. The van der Waals surface area contributed by atoms with Gasteiger partial charge in [0.25, 0.3) is 5.91 Å². The van der Waals surface area contributed by atoms with Crippen LogP contribution in [0.5, 0.6) is 5.75 Å². The van der Waals surface area contributed by atoms with Crippen molar-refractivity contribution >= 4 is 5.91 Å². The molecule has 1 amide bonds. The van der Waals surface area contributed by atoms with Gasteiger partial charge in [0.05, 0.1) is 0 Å². The van der Waals surface area contributed by atoms with E-state index in [2.05, 4.69) is 17.3 Å². The van der Waals surface area contributed by atoms with E-state index in [1.54, 1.807) is 0 Å². The number of nitrogens with one attached hydrogen (secondary N) is 1. The molecular weight excluding hydrogens is 254 g/mol. The molecule has 1 aliphatic heterocycles. The number of nitrogens with zero attached hydrogens (tertiary/aromatic N) is 1. The molecule has 1 unspecified atom stereocenters. The average Bonchev–Trinajstić information content (AvgIpc) is 2.44. The fraction of sp³-hybridized carbons (Fsp3) is 0.533. The summed E-state index contributed by atoms with van der Waals surface area (Å²) >= 11 is 0. The monoisotopic (exact) mass is 277 g/mol. The molecule has 1 aromatic rings. The van der Waals surface area contributed by atoms with Crippen LogP contribution in [0.25, 0.3) is 0 Å². The lowest BCUT2D eigenvalue weighted by atomic mass is 10.1. The summed E-state index contributed by atoms with van der Waals surface area (Å²) in [5.74, 6) is 0.210. The summed E-state index contributed by atoms with van der Waals surface area (Å²) in [7, 11) is 2.17. The Kier molecular flexibility index (Phi) is 5.38. The molecule has 1 aliphatic rings. The predicted octanol–water partition coefficient (Wildman–Crippen LogP) is 0.735. The van der Waals surface area contributed by atoms with Crippen molar-refractivity contribution in [2.24, 2.45) is 5.73 Å². The zero-order valence-corrected chi connectivity index (χ0v) is 12.0. The molecule has 3 N–H and O–H groups in total. The van der Waals surface area contributed by atoms with E-state index in [4.69, 9.17) is 10.5 Å². The average molecular weight is 277 g/mol. The Labute approximate surface area is 120 Å². The van der Waals surface area contributed by atoms with E-state index >= 15 is 0 Å². The fourth-order valence-electron chi connectivity index (χ4n) is 2.45. The minimum atomic E-state index is -0.461. The Morgan fingerprint density at radius 1 is 1.45 bits per heavy atom. The SMILES string of the molecule is CN1CCCC(NCc2ccc(OCC(N)=O)cc2)C1. The largest absolute Gasteiger partial charge is 0.484 e. The van der Waals surface area contributed by atoms with Gasteiger partial charge in [0.1, 0.15) is 5.75 Å². The molecule has 0 bridgehead atoms. The number of rotatable bonds is 6. The lowest BCUT2D eigenvalue weighted by Crippen LogP contribution is -2.43. The predicted molar refractivity (Wildman–Crippen MR) is 78.5 cm³/mol. The van der Waals surface area contributed by atoms with Crippen molar-refractivity contribution in [3.63, 3.8) is 0 Å². The molecule has 20 heavy (non-hydrogen) atoms. The quantitative estimate of drug-likeness (QED) is 0.804. The van der Waals surface area contributed by atoms with Crippen LogP contribution >= 0.6 is 0 Å². The highest BCUT2D eigenvalue weighted by Crippen LogP contribution is 2.13. The maximum atomic E-state index is 10.6. The summed E-state index contributed by atoms with van der Waals surface area (Å²) in [4.78, 5) is 13.0. The summed E-state index contributed by atoms with van der Waals surface area (Å²) in [6.07, 6.45) is 2.50. The second-order valence-electron chi connectivity index (χ2n) is 5.38. The molecule has 0 spiro atoms. The molecule has 0 radical (unpaired) electrons. The van der Waals surface area contributed by atoms with Gasteiger partial charge in [-0.25, -0.2) is 0 Å². The smallest absolute Gasteiger partial charge is 0.255 e. The van der Waals surface area contributed by atoms with Gasteiger partial charge < -0.3 is 20.7 Å². The van der Waals surface area contributed by atoms with E-state index in [1.165, 1.54) is 24.9 Å². The number of hydrogen-bond acceptors (Lipinski definition) is 4. The van der Waals surface area contributed by atoms with Crippen molar-refractivity contribution in [2.45, 2.75) is 25.4 Å². The zero-order valence-electron chi connectivity index (χ0n) is 12.0. The molecule has 5 nitrogen and oxygen atoms in total. The zero-order chi connectivity index (χ0) is 14.4. The second kappa shape index (κ2) is 7.26. The van der Waals surface area contributed by atoms with E-state index in [1.807, 2.05) is 24.3 Å². The molecule has 1 saturated heterocycles. The number of benzene rings is 1. The van der Waals surface area contributed by atoms with E-state index in [0.29, 0.717) is 11.8 Å². The van der Waals surface area contributed by atoms with Crippen LogP contribution in [-0.2, 0) is 11.3 Å². The molecule has 1 fully saturated rings. The van der Waals surface area contributed by atoms with E-state index in [0.717, 1.165) is 13.1 Å². The molecule has 0 aromatic heterocycles. The van der Waals surface area contributed by atoms with Gasteiger partial charge in [-0.3, -0.25) is 4.79 Å². The van der Waals surface area contributed by atoms with Crippen molar-refractivity contribution in [3.05, 3.63) is 29.8 Å².